The second-order valence-electron chi connectivity index (χ2n) is 1.01. The summed E-state index contributed by atoms with van der Waals surface area (Å²) in [6, 6.07) is 1.69. The summed E-state index contributed by atoms with van der Waals surface area (Å²) in [6.45, 7) is 5.91. The van der Waals surface area contributed by atoms with Gasteiger partial charge in [0.1, 0.15) is 0 Å². The first-order valence-electron chi connectivity index (χ1n) is 2.08. The van der Waals surface area contributed by atoms with Gasteiger partial charge in [0.15, 0.2) is 0 Å². The van der Waals surface area contributed by atoms with Gasteiger partial charge in [-0.05, 0) is 0 Å². The largest absolute Gasteiger partial charge is 0.287 e. The van der Waals surface area contributed by atoms with Crippen LogP contribution in [0.15, 0.2) is 24.6 Å². The van der Waals surface area contributed by atoms with Crippen LogP contribution in [0.5, 0.6) is 0 Å². The average Bonchev–Trinajstić information content (AvgIpc) is 1.87. The van der Waals surface area contributed by atoms with Crippen molar-refractivity contribution < 1.29 is 13.0 Å². The first kappa shape index (κ1) is 11.6. The topological polar surface area (TPSA) is 78.2 Å². The van der Waals surface area contributed by atoms with E-state index >= 15 is 0 Å². The quantitative estimate of drug-likeness (QED) is 0.454. The molecule has 0 heterocycles. The molecule has 0 fully saturated rings. The van der Waals surface area contributed by atoms with Gasteiger partial charge >= 0.3 is 0 Å². The van der Waals surface area contributed by atoms with Crippen LogP contribution in [-0.4, -0.2) is 13.0 Å². The van der Waals surface area contributed by atoms with Crippen LogP contribution in [0.2, 0.25) is 0 Å². The summed E-state index contributed by atoms with van der Waals surface area (Å²) >= 11 is 0. The van der Waals surface area contributed by atoms with E-state index < -0.39 is 10.1 Å². The first-order valence-corrected chi connectivity index (χ1v) is 3.58. The molecule has 10 heavy (non-hydrogen) atoms. The maximum Gasteiger partial charge on any atom is 0.287 e. The van der Waals surface area contributed by atoms with Crippen LogP contribution >= 0.6 is 0 Å². The lowest BCUT2D eigenvalue weighted by atomic mass is 10.8. The van der Waals surface area contributed by atoms with Crippen LogP contribution in [0, 0.1) is 11.3 Å². The summed E-state index contributed by atoms with van der Waals surface area (Å²) < 4.78 is 26.6. The number of nitrogens with zero attached hydrogens (tertiary/aromatic N) is 1. The van der Waals surface area contributed by atoms with Gasteiger partial charge in [0.2, 0.25) is 0 Å². The number of hydrogen-bond donors (Lipinski definition) is 1. The van der Waals surface area contributed by atoms with Gasteiger partial charge in [-0.25, -0.2) is 0 Å². The number of allylic oxidation sites excluding steroid dienone is 1. The van der Waals surface area contributed by atoms with E-state index in [0.29, 0.717) is 5.41 Å². The lowest BCUT2D eigenvalue weighted by molar-refractivity contribution is 0.494. The molecule has 0 saturated carbocycles. The summed E-state index contributed by atoms with van der Waals surface area (Å²) in [6.07, 6.45) is 1.18. The highest BCUT2D eigenvalue weighted by Gasteiger charge is 1.87. The SMILES string of the molecule is C=CC#N.C=CS(=O)(=O)O. The average molecular weight is 161 g/mol. The van der Waals surface area contributed by atoms with Crippen molar-refractivity contribution in [3.05, 3.63) is 24.6 Å². The molecule has 0 amide bonds. The maximum absolute atomic E-state index is 9.44. The molecule has 0 spiro atoms. The molecule has 56 valence electrons. The fraction of sp³-hybridized carbons (Fsp3) is 0. The van der Waals surface area contributed by atoms with Crippen LogP contribution < -0.4 is 0 Å². The Morgan fingerprint density at radius 3 is 1.70 bits per heavy atom. The molecule has 0 aliphatic carbocycles. The predicted molar refractivity (Wildman–Crippen MR) is 37.6 cm³/mol. The van der Waals surface area contributed by atoms with Crippen molar-refractivity contribution in [2.75, 3.05) is 0 Å². The molecule has 0 aromatic carbocycles. The Balaban J connectivity index is 0. The Morgan fingerprint density at radius 1 is 1.50 bits per heavy atom. The Morgan fingerprint density at radius 2 is 1.70 bits per heavy atom. The molecule has 0 radical (unpaired) electrons. The lowest BCUT2D eigenvalue weighted by Gasteiger charge is -1.73. The molecular formula is C5H7NO3S. The Hall–Kier alpha value is -1.12. The summed E-state index contributed by atoms with van der Waals surface area (Å²) in [4.78, 5) is 0. The molecule has 0 aliphatic heterocycles. The fourth-order valence-electron chi connectivity index (χ4n) is 0. The van der Waals surface area contributed by atoms with Crippen molar-refractivity contribution >= 4 is 10.1 Å². The highest BCUT2D eigenvalue weighted by molar-refractivity contribution is 7.88. The monoisotopic (exact) mass is 161 g/mol. The normalized spacial score (nSPS) is 8.00. The van der Waals surface area contributed by atoms with Crippen molar-refractivity contribution in [3.63, 3.8) is 0 Å². The fourth-order valence-corrected chi connectivity index (χ4v) is 0. The second-order valence-corrected chi connectivity index (χ2v) is 2.38. The van der Waals surface area contributed by atoms with Crippen molar-refractivity contribution in [3.8, 4) is 6.07 Å². The van der Waals surface area contributed by atoms with Crippen LogP contribution in [0.4, 0.5) is 0 Å². The molecule has 5 heteroatoms. The lowest BCUT2D eigenvalue weighted by Crippen LogP contribution is -1.86. The van der Waals surface area contributed by atoms with Crippen molar-refractivity contribution in [1.29, 1.82) is 5.26 Å². The van der Waals surface area contributed by atoms with E-state index in [4.69, 9.17) is 9.81 Å². The Labute approximate surface area is 59.8 Å². The van der Waals surface area contributed by atoms with E-state index in [9.17, 15) is 8.42 Å². The van der Waals surface area contributed by atoms with E-state index in [-0.39, 0.29) is 0 Å². The third kappa shape index (κ3) is 28.7. The zero-order valence-electron chi connectivity index (χ0n) is 5.19. The molecule has 0 unspecified atom stereocenters. The van der Waals surface area contributed by atoms with Crippen LogP contribution in [0.25, 0.3) is 0 Å². The smallest absolute Gasteiger partial charge is 0.282 e. The molecule has 0 aromatic heterocycles. The van der Waals surface area contributed by atoms with E-state index in [2.05, 4.69) is 13.2 Å². The summed E-state index contributed by atoms with van der Waals surface area (Å²) in [7, 11) is -3.90. The molecule has 0 rings (SSSR count). The Kier molecular flexibility index (Phi) is 7.00. The van der Waals surface area contributed by atoms with Gasteiger partial charge in [-0.1, -0.05) is 13.2 Å². The zero-order chi connectivity index (χ0) is 8.62. The molecule has 1 N–H and O–H groups in total. The molecular weight excluding hydrogens is 154 g/mol. The van der Waals surface area contributed by atoms with E-state index in [0.717, 1.165) is 0 Å². The second kappa shape index (κ2) is 6.01. The highest BCUT2D eigenvalue weighted by atomic mass is 32.2. The minimum atomic E-state index is -3.90. The summed E-state index contributed by atoms with van der Waals surface area (Å²) in [5.41, 5.74) is 0. The number of rotatable bonds is 1. The van der Waals surface area contributed by atoms with Crippen molar-refractivity contribution in [2.45, 2.75) is 0 Å². The van der Waals surface area contributed by atoms with Crippen LogP contribution in [-0.2, 0) is 10.1 Å². The minimum absolute atomic E-state index is 0.465. The first-order chi connectivity index (χ1) is 4.47. The van der Waals surface area contributed by atoms with Gasteiger partial charge < -0.3 is 0 Å². The van der Waals surface area contributed by atoms with Gasteiger partial charge in [-0.15, -0.1) is 0 Å². The van der Waals surface area contributed by atoms with Gasteiger partial charge in [0, 0.05) is 6.08 Å². The Bertz CT molecular complexity index is 222. The van der Waals surface area contributed by atoms with E-state index in [1.54, 1.807) is 6.07 Å². The number of hydrogen-bond acceptors (Lipinski definition) is 3. The van der Waals surface area contributed by atoms with Gasteiger partial charge in [0.05, 0.1) is 11.5 Å². The highest BCUT2D eigenvalue weighted by Crippen LogP contribution is 1.75. The summed E-state index contributed by atoms with van der Waals surface area (Å²) in [5.74, 6) is 0. The minimum Gasteiger partial charge on any atom is -0.282 e. The van der Waals surface area contributed by atoms with Crippen LogP contribution in [0.3, 0.4) is 0 Å². The van der Waals surface area contributed by atoms with Gasteiger partial charge in [-0.2, -0.15) is 13.7 Å². The van der Waals surface area contributed by atoms with E-state index in [1.165, 1.54) is 6.08 Å². The molecule has 4 nitrogen and oxygen atoms in total. The van der Waals surface area contributed by atoms with Crippen molar-refractivity contribution in [2.24, 2.45) is 0 Å². The molecule has 0 aliphatic rings. The molecule has 0 atom stereocenters. The standard InChI is InChI=1S/C3H3N.C2H4O3S/c1-2-3-4;1-2-6(3,4)5/h2H,1H2;2H,1H2,(H,3,4,5). The van der Waals surface area contributed by atoms with E-state index in [1.807, 2.05) is 0 Å². The predicted octanol–water partition coefficient (Wildman–Crippen LogP) is 0.714. The molecule has 0 saturated heterocycles. The third-order valence-corrected chi connectivity index (χ3v) is 0.723. The molecule has 0 aromatic rings. The summed E-state index contributed by atoms with van der Waals surface area (Å²) in [5, 5.41) is 7.97. The third-order valence-electron chi connectivity index (χ3n) is 0.302. The van der Waals surface area contributed by atoms with Crippen molar-refractivity contribution in [1.82, 2.24) is 0 Å². The zero-order valence-corrected chi connectivity index (χ0v) is 6.00. The van der Waals surface area contributed by atoms with Gasteiger partial charge in [-0.3, -0.25) is 4.55 Å². The number of nitriles is 1. The maximum atomic E-state index is 9.44. The molecule has 0 bridgehead atoms. The van der Waals surface area contributed by atoms with Gasteiger partial charge in [0.25, 0.3) is 10.1 Å². The van der Waals surface area contributed by atoms with Crippen LogP contribution in [0.1, 0.15) is 0 Å².